The zero-order chi connectivity index (χ0) is 14.0. The lowest BCUT2D eigenvalue weighted by Gasteiger charge is -2.10. The largest absolute Gasteiger partial charge is 0.495 e. The summed E-state index contributed by atoms with van der Waals surface area (Å²) in [6.07, 6.45) is 0. The first kappa shape index (κ1) is 13.2. The van der Waals surface area contributed by atoms with E-state index < -0.39 is 10.0 Å². The van der Waals surface area contributed by atoms with Crippen molar-refractivity contribution < 1.29 is 17.7 Å². The zero-order valence-corrected chi connectivity index (χ0v) is 11.2. The van der Waals surface area contributed by atoms with Gasteiger partial charge < -0.3 is 15.0 Å². The Morgan fingerprint density at radius 2 is 2.11 bits per heavy atom. The molecule has 19 heavy (non-hydrogen) atoms. The molecule has 2 aromatic rings. The third kappa shape index (κ3) is 2.79. The summed E-state index contributed by atoms with van der Waals surface area (Å²) >= 11 is 0. The van der Waals surface area contributed by atoms with Crippen molar-refractivity contribution in [3.63, 3.8) is 0 Å². The van der Waals surface area contributed by atoms with E-state index in [2.05, 4.69) is 9.88 Å². The number of nitrogens with one attached hydrogen (secondary N) is 1. The van der Waals surface area contributed by atoms with Gasteiger partial charge in [0.1, 0.15) is 10.6 Å². The predicted molar refractivity (Wildman–Crippen MR) is 69.5 cm³/mol. The lowest BCUT2D eigenvalue weighted by molar-refractivity contribution is 0.403. The van der Waals surface area contributed by atoms with Gasteiger partial charge in [0.25, 0.3) is 10.0 Å². The minimum Gasteiger partial charge on any atom is -0.495 e. The lowest BCUT2D eigenvalue weighted by Crippen LogP contribution is -2.13. The standard InChI is InChI=1S/C11H13N3O4S/c1-7-5-11(18-13-7)14-19(15,16)10-4-3-8(12)6-9(10)17-2/h3-6,14H,12H2,1-2H3. The Hall–Kier alpha value is -2.22. The third-order valence-electron chi connectivity index (χ3n) is 2.34. The van der Waals surface area contributed by atoms with Gasteiger partial charge in [-0.05, 0) is 19.1 Å². The van der Waals surface area contributed by atoms with Crippen LogP contribution in [0.4, 0.5) is 11.6 Å². The number of nitrogens with two attached hydrogens (primary N) is 1. The van der Waals surface area contributed by atoms with E-state index in [0.29, 0.717) is 11.4 Å². The van der Waals surface area contributed by atoms with Crippen LogP contribution in [0.15, 0.2) is 33.7 Å². The molecule has 0 radical (unpaired) electrons. The van der Waals surface area contributed by atoms with Gasteiger partial charge in [-0.1, -0.05) is 5.16 Å². The summed E-state index contributed by atoms with van der Waals surface area (Å²) in [4.78, 5) is -0.0294. The van der Waals surface area contributed by atoms with Crippen molar-refractivity contribution in [2.75, 3.05) is 17.6 Å². The topological polar surface area (TPSA) is 107 Å². The van der Waals surface area contributed by atoms with Crippen LogP contribution in [0.5, 0.6) is 5.75 Å². The maximum atomic E-state index is 12.2. The molecule has 0 saturated heterocycles. The predicted octanol–water partition coefficient (Wildman–Crippen LogP) is 1.37. The van der Waals surface area contributed by atoms with Crippen LogP contribution in [-0.2, 0) is 10.0 Å². The highest BCUT2D eigenvalue weighted by molar-refractivity contribution is 7.92. The first-order valence-electron chi connectivity index (χ1n) is 5.32. The molecular formula is C11H13N3O4S. The highest BCUT2D eigenvalue weighted by Gasteiger charge is 2.21. The number of aromatic nitrogens is 1. The molecule has 0 aliphatic rings. The van der Waals surface area contributed by atoms with E-state index in [0.717, 1.165) is 0 Å². The summed E-state index contributed by atoms with van der Waals surface area (Å²) in [6, 6.07) is 5.74. The number of ether oxygens (including phenoxy) is 1. The molecule has 0 atom stereocenters. The van der Waals surface area contributed by atoms with Crippen LogP contribution in [-0.4, -0.2) is 20.7 Å². The fourth-order valence-corrected chi connectivity index (χ4v) is 2.63. The Labute approximate surface area is 110 Å². The van der Waals surface area contributed by atoms with Crippen LogP contribution in [0.3, 0.4) is 0 Å². The molecule has 0 saturated carbocycles. The number of aryl methyl sites for hydroxylation is 1. The van der Waals surface area contributed by atoms with E-state index in [1.165, 1.54) is 31.4 Å². The molecule has 3 N–H and O–H groups in total. The van der Waals surface area contributed by atoms with Crippen LogP contribution in [0.1, 0.15) is 5.69 Å². The number of methoxy groups -OCH3 is 1. The monoisotopic (exact) mass is 283 g/mol. The second-order valence-corrected chi connectivity index (χ2v) is 5.50. The van der Waals surface area contributed by atoms with Crippen molar-refractivity contribution in [2.45, 2.75) is 11.8 Å². The molecular weight excluding hydrogens is 270 g/mol. The van der Waals surface area contributed by atoms with E-state index in [4.69, 9.17) is 15.0 Å². The van der Waals surface area contributed by atoms with Gasteiger partial charge in [-0.15, -0.1) is 0 Å². The molecule has 1 aromatic carbocycles. The van der Waals surface area contributed by atoms with Gasteiger partial charge in [0.05, 0.1) is 12.8 Å². The number of rotatable bonds is 4. The first-order valence-corrected chi connectivity index (χ1v) is 6.80. The highest BCUT2D eigenvalue weighted by Crippen LogP contribution is 2.27. The molecule has 8 heteroatoms. The van der Waals surface area contributed by atoms with E-state index in [-0.39, 0.29) is 16.5 Å². The zero-order valence-electron chi connectivity index (χ0n) is 10.4. The molecule has 1 aromatic heterocycles. The molecule has 0 amide bonds. The van der Waals surface area contributed by atoms with E-state index >= 15 is 0 Å². The van der Waals surface area contributed by atoms with Gasteiger partial charge in [0.2, 0.25) is 5.88 Å². The summed E-state index contributed by atoms with van der Waals surface area (Å²) in [5.41, 5.74) is 6.56. The first-order chi connectivity index (χ1) is 8.92. The minimum atomic E-state index is -3.82. The SMILES string of the molecule is COc1cc(N)ccc1S(=O)(=O)Nc1cc(C)no1. The van der Waals surface area contributed by atoms with E-state index in [1.807, 2.05) is 0 Å². The van der Waals surface area contributed by atoms with Crippen LogP contribution in [0.2, 0.25) is 0 Å². The Kier molecular flexibility index (Phi) is 3.34. The molecule has 0 unspecified atom stereocenters. The van der Waals surface area contributed by atoms with Crippen molar-refractivity contribution in [1.29, 1.82) is 0 Å². The average Bonchev–Trinajstić information content (AvgIpc) is 2.73. The van der Waals surface area contributed by atoms with Crippen molar-refractivity contribution in [3.05, 3.63) is 30.0 Å². The van der Waals surface area contributed by atoms with E-state index in [9.17, 15) is 8.42 Å². The lowest BCUT2D eigenvalue weighted by atomic mass is 10.3. The van der Waals surface area contributed by atoms with Crippen LogP contribution in [0, 0.1) is 6.92 Å². The summed E-state index contributed by atoms with van der Waals surface area (Å²) < 4.78 is 36.5. The molecule has 0 bridgehead atoms. The molecule has 0 fully saturated rings. The quantitative estimate of drug-likeness (QED) is 0.821. The molecule has 0 aliphatic heterocycles. The molecule has 0 spiro atoms. The van der Waals surface area contributed by atoms with Gasteiger partial charge in [0, 0.05) is 17.8 Å². The van der Waals surface area contributed by atoms with Crippen molar-refractivity contribution in [2.24, 2.45) is 0 Å². The van der Waals surface area contributed by atoms with Crippen LogP contribution in [0.25, 0.3) is 0 Å². The van der Waals surface area contributed by atoms with Crippen LogP contribution < -0.4 is 15.2 Å². The number of anilines is 2. The Bertz CT molecular complexity index is 694. The normalized spacial score (nSPS) is 11.3. The molecule has 0 aliphatic carbocycles. The molecule has 102 valence electrons. The number of sulfonamides is 1. The van der Waals surface area contributed by atoms with E-state index in [1.54, 1.807) is 6.92 Å². The number of nitrogens with zero attached hydrogens (tertiary/aromatic N) is 1. The third-order valence-corrected chi connectivity index (χ3v) is 3.73. The van der Waals surface area contributed by atoms with Crippen molar-refractivity contribution in [3.8, 4) is 5.75 Å². The van der Waals surface area contributed by atoms with Crippen molar-refractivity contribution in [1.82, 2.24) is 5.16 Å². The smallest absolute Gasteiger partial charge is 0.267 e. The van der Waals surface area contributed by atoms with Crippen molar-refractivity contribution >= 4 is 21.6 Å². The molecule has 7 nitrogen and oxygen atoms in total. The number of benzene rings is 1. The fourth-order valence-electron chi connectivity index (χ4n) is 1.51. The van der Waals surface area contributed by atoms with Gasteiger partial charge in [-0.25, -0.2) is 13.1 Å². The summed E-state index contributed by atoms with van der Waals surface area (Å²) in [6.45, 7) is 1.69. The summed E-state index contributed by atoms with van der Waals surface area (Å²) in [5.74, 6) is 0.195. The average molecular weight is 283 g/mol. The Morgan fingerprint density at radius 3 is 2.68 bits per heavy atom. The Morgan fingerprint density at radius 1 is 1.37 bits per heavy atom. The highest BCUT2D eigenvalue weighted by atomic mass is 32.2. The summed E-state index contributed by atoms with van der Waals surface area (Å²) in [5, 5.41) is 3.60. The van der Waals surface area contributed by atoms with Gasteiger partial charge in [-0.2, -0.15) is 0 Å². The fraction of sp³-hybridized carbons (Fsp3) is 0.182. The number of nitrogen functional groups attached to an aromatic ring is 1. The summed E-state index contributed by atoms with van der Waals surface area (Å²) in [7, 11) is -2.46. The maximum absolute atomic E-state index is 12.2. The van der Waals surface area contributed by atoms with Gasteiger partial charge in [-0.3, -0.25) is 0 Å². The van der Waals surface area contributed by atoms with Crippen LogP contribution >= 0.6 is 0 Å². The second kappa shape index (κ2) is 4.81. The van der Waals surface area contributed by atoms with Gasteiger partial charge >= 0.3 is 0 Å². The molecule has 1 heterocycles. The second-order valence-electron chi connectivity index (χ2n) is 3.85. The number of hydrogen-bond donors (Lipinski definition) is 2. The maximum Gasteiger partial charge on any atom is 0.267 e. The number of hydrogen-bond acceptors (Lipinski definition) is 6. The molecule has 2 rings (SSSR count). The minimum absolute atomic E-state index is 0.0294. The Balaban J connectivity index is 2.39. The van der Waals surface area contributed by atoms with Gasteiger partial charge in [0.15, 0.2) is 0 Å².